The lowest BCUT2D eigenvalue weighted by atomic mass is 9.91. The van der Waals surface area contributed by atoms with Gasteiger partial charge < -0.3 is 10.5 Å². The number of benzene rings is 2. The maximum atomic E-state index is 11.6. The number of carbonyl (C=O) groups excluding carboxylic acids is 1. The largest absolute Gasteiger partial charge is 0.467 e. The van der Waals surface area contributed by atoms with E-state index in [1.807, 2.05) is 54.6 Å². The number of ether oxygens (including phenoxy) is 1. The zero-order valence-electron chi connectivity index (χ0n) is 11.1. The van der Waals surface area contributed by atoms with Crippen molar-refractivity contribution >= 4 is 5.97 Å². The van der Waals surface area contributed by atoms with Gasteiger partial charge in [0.1, 0.15) is 5.54 Å². The van der Waals surface area contributed by atoms with Gasteiger partial charge in [0, 0.05) is 0 Å². The van der Waals surface area contributed by atoms with Crippen LogP contribution in [0.3, 0.4) is 0 Å². The van der Waals surface area contributed by atoms with Crippen molar-refractivity contribution in [2.45, 2.75) is 12.5 Å². The summed E-state index contributed by atoms with van der Waals surface area (Å²) in [5, 5.41) is 0. The fourth-order valence-corrected chi connectivity index (χ4v) is 1.97. The molecule has 0 aliphatic heterocycles. The van der Waals surface area contributed by atoms with Crippen molar-refractivity contribution in [1.82, 2.24) is 0 Å². The Morgan fingerprint density at radius 2 is 1.53 bits per heavy atom. The van der Waals surface area contributed by atoms with Crippen molar-refractivity contribution in [3.8, 4) is 11.1 Å². The molecule has 1 atom stereocenters. The molecule has 0 heterocycles. The topological polar surface area (TPSA) is 52.3 Å². The van der Waals surface area contributed by atoms with Gasteiger partial charge in [-0.25, -0.2) is 4.79 Å². The Labute approximate surface area is 113 Å². The van der Waals surface area contributed by atoms with Gasteiger partial charge in [0.25, 0.3) is 0 Å². The molecule has 2 aromatic rings. The molecular formula is C16H17NO2. The van der Waals surface area contributed by atoms with Crippen molar-refractivity contribution in [2.24, 2.45) is 5.73 Å². The van der Waals surface area contributed by atoms with Gasteiger partial charge in [-0.1, -0.05) is 54.6 Å². The molecule has 0 radical (unpaired) electrons. The van der Waals surface area contributed by atoms with Crippen LogP contribution in [-0.4, -0.2) is 13.1 Å². The van der Waals surface area contributed by atoms with Crippen LogP contribution in [-0.2, 0) is 15.1 Å². The molecular weight excluding hydrogens is 238 g/mol. The first-order valence-corrected chi connectivity index (χ1v) is 6.09. The highest BCUT2D eigenvalue weighted by Gasteiger charge is 2.31. The zero-order valence-corrected chi connectivity index (χ0v) is 11.1. The first-order chi connectivity index (χ1) is 9.05. The highest BCUT2D eigenvalue weighted by molar-refractivity contribution is 5.82. The second-order valence-corrected chi connectivity index (χ2v) is 4.64. The molecule has 0 aromatic heterocycles. The summed E-state index contributed by atoms with van der Waals surface area (Å²) in [4.78, 5) is 11.6. The van der Waals surface area contributed by atoms with Gasteiger partial charge in [-0.3, -0.25) is 0 Å². The van der Waals surface area contributed by atoms with Gasteiger partial charge in [-0.15, -0.1) is 0 Å². The summed E-state index contributed by atoms with van der Waals surface area (Å²) in [5.41, 5.74) is 7.84. The van der Waals surface area contributed by atoms with Crippen molar-refractivity contribution in [2.75, 3.05) is 7.11 Å². The van der Waals surface area contributed by atoms with E-state index in [2.05, 4.69) is 0 Å². The maximum absolute atomic E-state index is 11.6. The Morgan fingerprint density at radius 1 is 1.00 bits per heavy atom. The Morgan fingerprint density at radius 3 is 2.05 bits per heavy atom. The fourth-order valence-electron chi connectivity index (χ4n) is 1.97. The predicted octanol–water partition coefficient (Wildman–Crippen LogP) is 2.70. The highest BCUT2D eigenvalue weighted by atomic mass is 16.5. The molecule has 0 saturated heterocycles. The number of methoxy groups -OCH3 is 1. The van der Waals surface area contributed by atoms with Crippen LogP contribution in [0.25, 0.3) is 11.1 Å². The number of rotatable bonds is 3. The average Bonchev–Trinajstić information content (AvgIpc) is 2.47. The third kappa shape index (κ3) is 2.66. The van der Waals surface area contributed by atoms with Crippen LogP contribution in [0.4, 0.5) is 0 Å². The minimum absolute atomic E-state index is 0.444. The van der Waals surface area contributed by atoms with Crippen LogP contribution in [0.1, 0.15) is 12.5 Å². The third-order valence-electron chi connectivity index (χ3n) is 3.20. The molecule has 0 fully saturated rings. The summed E-state index contributed by atoms with van der Waals surface area (Å²) in [6.45, 7) is 1.65. The molecule has 3 nitrogen and oxygen atoms in total. The van der Waals surface area contributed by atoms with E-state index < -0.39 is 11.5 Å². The van der Waals surface area contributed by atoms with Gasteiger partial charge in [-0.2, -0.15) is 0 Å². The van der Waals surface area contributed by atoms with E-state index in [0.29, 0.717) is 0 Å². The van der Waals surface area contributed by atoms with Crippen molar-refractivity contribution in [3.05, 3.63) is 60.2 Å². The average molecular weight is 255 g/mol. The molecule has 0 spiro atoms. The van der Waals surface area contributed by atoms with E-state index in [9.17, 15) is 4.79 Å². The standard InChI is InChI=1S/C16H17NO2/c1-16(17,15(18)19-2)14-10-8-13(9-11-14)12-6-4-3-5-7-12/h3-11H,17H2,1-2H3/t16-/m0/s1. The molecule has 98 valence electrons. The highest BCUT2D eigenvalue weighted by Crippen LogP contribution is 2.24. The van der Waals surface area contributed by atoms with Crippen molar-refractivity contribution in [3.63, 3.8) is 0 Å². The SMILES string of the molecule is COC(=O)[C@@](C)(N)c1ccc(-c2ccccc2)cc1. The summed E-state index contributed by atoms with van der Waals surface area (Å²) < 4.78 is 4.72. The molecule has 0 unspecified atom stereocenters. The summed E-state index contributed by atoms with van der Waals surface area (Å²) in [7, 11) is 1.34. The molecule has 0 aliphatic carbocycles. The lowest BCUT2D eigenvalue weighted by molar-refractivity contribution is -0.146. The smallest absolute Gasteiger partial charge is 0.330 e. The first kappa shape index (κ1) is 13.3. The van der Waals surface area contributed by atoms with Crippen LogP contribution in [0.15, 0.2) is 54.6 Å². The van der Waals surface area contributed by atoms with Crippen LogP contribution in [0.2, 0.25) is 0 Å². The van der Waals surface area contributed by atoms with Gasteiger partial charge >= 0.3 is 5.97 Å². The van der Waals surface area contributed by atoms with Crippen molar-refractivity contribution in [1.29, 1.82) is 0 Å². The zero-order chi connectivity index (χ0) is 13.9. The van der Waals surface area contributed by atoms with E-state index in [-0.39, 0.29) is 0 Å². The quantitative estimate of drug-likeness (QED) is 0.858. The molecule has 2 aromatic carbocycles. The van der Waals surface area contributed by atoms with E-state index in [1.165, 1.54) is 7.11 Å². The number of carbonyl (C=O) groups is 1. The molecule has 3 heteroatoms. The molecule has 0 amide bonds. The number of hydrogen-bond donors (Lipinski definition) is 1. The predicted molar refractivity (Wildman–Crippen MR) is 75.4 cm³/mol. The summed E-state index contributed by atoms with van der Waals surface area (Å²) >= 11 is 0. The number of nitrogens with two attached hydrogens (primary N) is 1. The van der Waals surface area contributed by atoms with E-state index in [0.717, 1.165) is 16.7 Å². The van der Waals surface area contributed by atoms with Crippen LogP contribution in [0, 0.1) is 0 Å². The first-order valence-electron chi connectivity index (χ1n) is 6.09. The Kier molecular flexibility index (Phi) is 3.67. The normalized spacial score (nSPS) is 13.6. The van der Waals surface area contributed by atoms with Gasteiger partial charge in [0.2, 0.25) is 0 Å². The van der Waals surface area contributed by atoms with Crippen LogP contribution < -0.4 is 5.73 Å². The number of esters is 1. The molecule has 0 saturated carbocycles. The summed E-state index contributed by atoms with van der Waals surface area (Å²) in [6.07, 6.45) is 0. The Balaban J connectivity index is 2.31. The minimum Gasteiger partial charge on any atom is -0.467 e. The lowest BCUT2D eigenvalue weighted by Gasteiger charge is -2.22. The van der Waals surface area contributed by atoms with Gasteiger partial charge in [0.15, 0.2) is 0 Å². The Bertz CT molecular complexity index is 559. The van der Waals surface area contributed by atoms with E-state index in [1.54, 1.807) is 6.92 Å². The molecule has 19 heavy (non-hydrogen) atoms. The van der Waals surface area contributed by atoms with Gasteiger partial charge in [-0.05, 0) is 23.6 Å². The molecule has 0 aliphatic rings. The monoisotopic (exact) mass is 255 g/mol. The van der Waals surface area contributed by atoms with Crippen molar-refractivity contribution < 1.29 is 9.53 Å². The summed E-state index contributed by atoms with van der Waals surface area (Å²) in [6, 6.07) is 17.7. The van der Waals surface area contributed by atoms with Crippen LogP contribution >= 0.6 is 0 Å². The molecule has 2 N–H and O–H groups in total. The second kappa shape index (κ2) is 5.24. The summed E-state index contributed by atoms with van der Waals surface area (Å²) in [5.74, 6) is -0.444. The fraction of sp³-hybridized carbons (Fsp3) is 0.188. The van der Waals surface area contributed by atoms with Crippen LogP contribution in [0.5, 0.6) is 0 Å². The number of hydrogen-bond acceptors (Lipinski definition) is 3. The van der Waals surface area contributed by atoms with E-state index >= 15 is 0 Å². The van der Waals surface area contributed by atoms with E-state index in [4.69, 9.17) is 10.5 Å². The third-order valence-corrected chi connectivity index (χ3v) is 3.20. The molecule has 0 bridgehead atoms. The minimum atomic E-state index is -1.12. The van der Waals surface area contributed by atoms with Gasteiger partial charge in [0.05, 0.1) is 7.11 Å². The second-order valence-electron chi connectivity index (χ2n) is 4.64. The molecule has 2 rings (SSSR count). The maximum Gasteiger partial charge on any atom is 0.330 e. The lowest BCUT2D eigenvalue weighted by Crippen LogP contribution is -2.42. The Hall–Kier alpha value is -2.13.